The molecule has 3 rings (SSSR count). The largest absolute Gasteiger partial charge is 0.481 e. The summed E-state index contributed by atoms with van der Waals surface area (Å²) in [7, 11) is 0. The molecular weight excluding hydrogens is 302 g/mol. The van der Waals surface area contributed by atoms with Crippen molar-refractivity contribution in [2.75, 3.05) is 0 Å². The molecule has 0 aliphatic heterocycles. The van der Waals surface area contributed by atoms with Gasteiger partial charge < -0.3 is 5.11 Å². The molecular formula is C16H17NO2S2. The Labute approximate surface area is 132 Å². The molecule has 0 radical (unpaired) electrons. The van der Waals surface area contributed by atoms with Crippen molar-refractivity contribution in [1.29, 1.82) is 0 Å². The number of benzene rings is 1. The van der Waals surface area contributed by atoms with Gasteiger partial charge in [-0.15, -0.1) is 11.3 Å². The number of thiazole rings is 1. The quantitative estimate of drug-likeness (QED) is 0.850. The number of hydrogen-bond acceptors (Lipinski definition) is 4. The number of fused-ring (bicyclic) bond motifs is 1. The standard InChI is InChI=1S/C16H17NO2S2/c1-10-14(8-15(18)19)21-16(17-10)20-9-11-5-6-12-3-2-4-13(12)7-11/h5-7H,2-4,8-9H2,1H3,(H,18,19). The van der Waals surface area contributed by atoms with E-state index in [0.717, 1.165) is 20.7 Å². The van der Waals surface area contributed by atoms with Crippen molar-refractivity contribution in [2.24, 2.45) is 0 Å². The Morgan fingerprint density at radius 3 is 3.00 bits per heavy atom. The topological polar surface area (TPSA) is 50.2 Å². The second-order valence-corrected chi connectivity index (χ2v) is 7.61. The van der Waals surface area contributed by atoms with E-state index in [0.29, 0.717) is 0 Å². The summed E-state index contributed by atoms with van der Waals surface area (Å²) in [6.45, 7) is 1.88. The molecule has 21 heavy (non-hydrogen) atoms. The van der Waals surface area contributed by atoms with Crippen LogP contribution in [0.25, 0.3) is 0 Å². The van der Waals surface area contributed by atoms with Gasteiger partial charge in [-0.2, -0.15) is 0 Å². The van der Waals surface area contributed by atoms with Gasteiger partial charge in [0.1, 0.15) is 0 Å². The summed E-state index contributed by atoms with van der Waals surface area (Å²) in [5.41, 5.74) is 5.17. The maximum absolute atomic E-state index is 10.8. The number of carboxylic acid groups (broad SMARTS) is 1. The smallest absolute Gasteiger partial charge is 0.308 e. The summed E-state index contributed by atoms with van der Waals surface area (Å²) in [5, 5.41) is 8.87. The molecule has 0 atom stereocenters. The van der Waals surface area contributed by atoms with E-state index in [1.54, 1.807) is 11.8 Å². The molecule has 1 aromatic heterocycles. The van der Waals surface area contributed by atoms with E-state index in [-0.39, 0.29) is 6.42 Å². The maximum Gasteiger partial charge on any atom is 0.308 e. The van der Waals surface area contributed by atoms with Crippen LogP contribution in [0.2, 0.25) is 0 Å². The summed E-state index contributed by atoms with van der Waals surface area (Å²) in [5.74, 6) is 0.101. The van der Waals surface area contributed by atoms with E-state index in [2.05, 4.69) is 23.2 Å². The number of carbonyl (C=O) groups is 1. The average molecular weight is 319 g/mol. The SMILES string of the molecule is Cc1nc(SCc2ccc3c(c2)CCC3)sc1CC(=O)O. The van der Waals surface area contributed by atoms with Crippen LogP contribution in [0.3, 0.4) is 0 Å². The third-order valence-corrected chi connectivity index (χ3v) is 6.08. The average Bonchev–Trinajstić information content (AvgIpc) is 3.02. The predicted octanol–water partition coefficient (Wildman–Crippen LogP) is 3.86. The van der Waals surface area contributed by atoms with Crippen LogP contribution in [0.4, 0.5) is 0 Å². The van der Waals surface area contributed by atoms with Crippen molar-refractivity contribution >= 4 is 29.1 Å². The number of hydrogen-bond donors (Lipinski definition) is 1. The molecule has 0 fully saturated rings. The Balaban J connectivity index is 1.66. The van der Waals surface area contributed by atoms with E-state index in [4.69, 9.17) is 5.11 Å². The van der Waals surface area contributed by atoms with E-state index in [1.165, 1.54) is 47.3 Å². The van der Waals surface area contributed by atoms with Gasteiger partial charge in [-0.05, 0) is 42.9 Å². The summed E-state index contributed by atoms with van der Waals surface area (Å²) in [4.78, 5) is 16.1. The van der Waals surface area contributed by atoms with Crippen LogP contribution in [-0.4, -0.2) is 16.1 Å². The molecule has 2 aromatic rings. The third kappa shape index (κ3) is 3.47. The van der Waals surface area contributed by atoms with Crippen LogP contribution in [0, 0.1) is 6.92 Å². The highest BCUT2D eigenvalue weighted by molar-refractivity contribution is 8.00. The van der Waals surface area contributed by atoms with Gasteiger partial charge >= 0.3 is 5.97 Å². The Kier molecular flexibility index (Phi) is 4.31. The van der Waals surface area contributed by atoms with Gasteiger partial charge in [-0.1, -0.05) is 30.0 Å². The molecule has 0 saturated heterocycles. The molecule has 1 aliphatic rings. The number of carboxylic acids is 1. The van der Waals surface area contributed by atoms with Crippen LogP contribution in [-0.2, 0) is 29.8 Å². The Hall–Kier alpha value is -1.33. The van der Waals surface area contributed by atoms with Crippen LogP contribution in [0.5, 0.6) is 0 Å². The number of rotatable bonds is 5. The van der Waals surface area contributed by atoms with Gasteiger partial charge in [-0.3, -0.25) is 4.79 Å². The molecule has 5 heteroatoms. The van der Waals surface area contributed by atoms with Crippen LogP contribution in [0.15, 0.2) is 22.5 Å². The Bertz CT molecular complexity index is 679. The zero-order valence-corrected chi connectivity index (χ0v) is 13.5. The first kappa shape index (κ1) is 14.6. The van der Waals surface area contributed by atoms with Crippen molar-refractivity contribution in [3.05, 3.63) is 45.5 Å². The van der Waals surface area contributed by atoms with Crippen molar-refractivity contribution in [3.63, 3.8) is 0 Å². The molecule has 1 heterocycles. The highest BCUT2D eigenvalue weighted by atomic mass is 32.2. The summed E-state index contributed by atoms with van der Waals surface area (Å²) in [6, 6.07) is 6.77. The minimum Gasteiger partial charge on any atom is -0.481 e. The second-order valence-electron chi connectivity index (χ2n) is 5.30. The number of thioether (sulfide) groups is 1. The molecule has 0 bridgehead atoms. The normalized spacial score (nSPS) is 13.4. The minimum absolute atomic E-state index is 0.0723. The van der Waals surface area contributed by atoms with Gasteiger partial charge in [0.15, 0.2) is 4.34 Å². The zero-order chi connectivity index (χ0) is 14.8. The number of aryl methyl sites for hydroxylation is 3. The molecule has 3 nitrogen and oxygen atoms in total. The fourth-order valence-electron chi connectivity index (χ4n) is 2.62. The first-order chi connectivity index (χ1) is 10.1. The first-order valence-electron chi connectivity index (χ1n) is 7.03. The highest BCUT2D eigenvalue weighted by Gasteiger charge is 2.13. The second kappa shape index (κ2) is 6.20. The van der Waals surface area contributed by atoms with Crippen molar-refractivity contribution < 1.29 is 9.90 Å². The lowest BCUT2D eigenvalue weighted by Gasteiger charge is -2.03. The van der Waals surface area contributed by atoms with Crippen molar-refractivity contribution in [2.45, 2.75) is 42.7 Å². The predicted molar refractivity (Wildman–Crippen MR) is 86.2 cm³/mol. The van der Waals surface area contributed by atoms with Crippen molar-refractivity contribution in [1.82, 2.24) is 4.98 Å². The Morgan fingerprint density at radius 1 is 1.38 bits per heavy atom. The summed E-state index contributed by atoms with van der Waals surface area (Å²) < 4.78 is 0.962. The molecule has 0 amide bonds. The molecule has 0 unspecified atom stereocenters. The lowest BCUT2D eigenvalue weighted by molar-refractivity contribution is -0.136. The molecule has 0 saturated carbocycles. The highest BCUT2D eigenvalue weighted by Crippen LogP contribution is 2.31. The van der Waals surface area contributed by atoms with Crippen LogP contribution >= 0.6 is 23.1 Å². The number of aromatic nitrogens is 1. The fraction of sp³-hybridized carbons (Fsp3) is 0.375. The van der Waals surface area contributed by atoms with E-state index in [9.17, 15) is 4.79 Å². The van der Waals surface area contributed by atoms with Gasteiger partial charge in [0.2, 0.25) is 0 Å². The zero-order valence-electron chi connectivity index (χ0n) is 11.9. The van der Waals surface area contributed by atoms with Crippen molar-refractivity contribution in [3.8, 4) is 0 Å². The van der Waals surface area contributed by atoms with Gasteiger partial charge in [0.25, 0.3) is 0 Å². The minimum atomic E-state index is -0.795. The molecule has 1 aliphatic carbocycles. The van der Waals surface area contributed by atoms with E-state index in [1.807, 2.05) is 6.92 Å². The fourth-order valence-corrected chi connectivity index (χ4v) is 4.79. The van der Waals surface area contributed by atoms with Crippen LogP contribution < -0.4 is 0 Å². The molecule has 1 aromatic carbocycles. The lowest BCUT2D eigenvalue weighted by atomic mass is 10.1. The lowest BCUT2D eigenvalue weighted by Crippen LogP contribution is -1.99. The maximum atomic E-state index is 10.8. The molecule has 110 valence electrons. The van der Waals surface area contributed by atoms with Gasteiger partial charge in [0.05, 0.1) is 12.1 Å². The summed E-state index contributed by atoms with van der Waals surface area (Å²) >= 11 is 3.20. The molecule has 1 N–H and O–H groups in total. The third-order valence-electron chi connectivity index (χ3n) is 3.71. The van der Waals surface area contributed by atoms with E-state index >= 15 is 0 Å². The number of nitrogens with zero attached hydrogens (tertiary/aromatic N) is 1. The van der Waals surface area contributed by atoms with Gasteiger partial charge in [-0.25, -0.2) is 4.98 Å². The van der Waals surface area contributed by atoms with Gasteiger partial charge in [0, 0.05) is 10.6 Å². The molecule has 0 spiro atoms. The van der Waals surface area contributed by atoms with Crippen LogP contribution in [0.1, 0.15) is 33.7 Å². The van der Waals surface area contributed by atoms with E-state index < -0.39 is 5.97 Å². The summed E-state index contributed by atoms with van der Waals surface area (Å²) in [6.07, 6.45) is 3.76. The first-order valence-corrected chi connectivity index (χ1v) is 8.83. The number of aliphatic carboxylic acids is 1. The monoisotopic (exact) mass is 319 g/mol. The Morgan fingerprint density at radius 2 is 2.19 bits per heavy atom.